The minimum Gasteiger partial charge on any atom is -0.336 e. The van der Waals surface area contributed by atoms with Gasteiger partial charge in [0.2, 0.25) is 0 Å². The number of halogens is 2. The second-order valence-electron chi connectivity index (χ2n) is 5.23. The van der Waals surface area contributed by atoms with E-state index in [1.807, 2.05) is 31.1 Å². The monoisotopic (exact) mass is 352 g/mol. The summed E-state index contributed by atoms with van der Waals surface area (Å²) >= 11 is 11.8. The van der Waals surface area contributed by atoms with E-state index in [1.54, 1.807) is 30.6 Å². The van der Waals surface area contributed by atoms with Crippen LogP contribution in [-0.2, 0) is 0 Å². The lowest BCUT2D eigenvalue weighted by Gasteiger charge is -2.24. The summed E-state index contributed by atoms with van der Waals surface area (Å²) in [5.41, 5.74) is 1.62. The Morgan fingerprint density at radius 2 is 2.04 bits per heavy atom. The van der Waals surface area contributed by atoms with Crippen molar-refractivity contribution in [3.63, 3.8) is 0 Å². The molecular weight excluding hydrogens is 335 g/mol. The molecule has 0 aliphatic rings. The molecule has 2 N–H and O–H groups in total. The molecule has 0 saturated carbocycles. The zero-order valence-electron chi connectivity index (χ0n) is 12.9. The van der Waals surface area contributed by atoms with E-state index in [0.717, 1.165) is 5.56 Å². The predicted octanol–water partition coefficient (Wildman–Crippen LogP) is 3.81. The first kappa shape index (κ1) is 17.5. The van der Waals surface area contributed by atoms with Crippen LogP contribution in [0.25, 0.3) is 0 Å². The number of benzene rings is 1. The largest absolute Gasteiger partial charge is 0.336 e. The number of nitrogens with one attached hydrogen (secondary N) is 2. The van der Waals surface area contributed by atoms with Gasteiger partial charge in [0.25, 0.3) is 0 Å². The summed E-state index contributed by atoms with van der Waals surface area (Å²) in [5.74, 6) is 0. The highest BCUT2D eigenvalue weighted by molar-refractivity contribution is 6.42. The van der Waals surface area contributed by atoms with E-state index in [0.29, 0.717) is 22.3 Å². The number of carbonyl (C=O) groups excluding carboxylic acids is 1. The van der Waals surface area contributed by atoms with Gasteiger partial charge in [0.1, 0.15) is 0 Å². The number of hydrogen-bond acceptors (Lipinski definition) is 3. The van der Waals surface area contributed by atoms with Gasteiger partial charge < -0.3 is 15.5 Å². The molecule has 5 nitrogen and oxygen atoms in total. The summed E-state index contributed by atoms with van der Waals surface area (Å²) in [6.07, 6.45) is 3.52. The number of nitrogens with zero attached hydrogens (tertiary/aromatic N) is 2. The van der Waals surface area contributed by atoms with E-state index >= 15 is 0 Å². The Morgan fingerprint density at radius 1 is 1.26 bits per heavy atom. The fourth-order valence-corrected chi connectivity index (χ4v) is 2.41. The zero-order valence-corrected chi connectivity index (χ0v) is 14.4. The number of pyridine rings is 1. The molecule has 23 heavy (non-hydrogen) atoms. The van der Waals surface area contributed by atoms with Gasteiger partial charge in [-0.1, -0.05) is 29.3 Å². The van der Waals surface area contributed by atoms with Crippen LogP contribution < -0.4 is 10.6 Å². The van der Waals surface area contributed by atoms with Crippen molar-refractivity contribution in [2.75, 3.05) is 26.0 Å². The predicted molar refractivity (Wildman–Crippen MR) is 94.1 cm³/mol. The molecule has 0 aliphatic carbocycles. The van der Waals surface area contributed by atoms with Gasteiger partial charge in [-0.25, -0.2) is 4.79 Å². The lowest BCUT2D eigenvalue weighted by atomic mass is 10.1. The number of amides is 2. The van der Waals surface area contributed by atoms with E-state index in [9.17, 15) is 4.79 Å². The Labute approximate surface area is 145 Å². The first-order chi connectivity index (χ1) is 11.0. The van der Waals surface area contributed by atoms with Crippen molar-refractivity contribution in [2.24, 2.45) is 0 Å². The quantitative estimate of drug-likeness (QED) is 0.859. The molecule has 0 unspecified atom stereocenters. The van der Waals surface area contributed by atoms with Crippen LogP contribution in [0.5, 0.6) is 0 Å². The fourth-order valence-electron chi connectivity index (χ4n) is 2.11. The SMILES string of the molecule is CN(C)[C@@H](CNC(=O)Nc1ccc(Cl)c(Cl)c1)c1cccnc1. The van der Waals surface area contributed by atoms with E-state index in [-0.39, 0.29) is 12.1 Å². The Bertz CT molecular complexity index is 664. The maximum atomic E-state index is 12.0. The lowest BCUT2D eigenvalue weighted by molar-refractivity contribution is 0.243. The maximum absolute atomic E-state index is 12.0. The molecule has 0 saturated heterocycles. The third-order valence-corrected chi connectivity index (χ3v) is 4.07. The number of likely N-dealkylation sites (N-methyl/N-ethyl adjacent to an activating group) is 1. The molecule has 2 amide bonds. The standard InChI is InChI=1S/C16H18Cl2N4O/c1-22(2)15(11-4-3-7-19-9-11)10-20-16(23)21-12-5-6-13(17)14(18)8-12/h3-9,15H,10H2,1-2H3,(H2,20,21,23)/t15-/m0/s1. The van der Waals surface area contributed by atoms with Crippen molar-refractivity contribution in [1.82, 2.24) is 15.2 Å². The summed E-state index contributed by atoms with van der Waals surface area (Å²) in [7, 11) is 3.91. The second-order valence-corrected chi connectivity index (χ2v) is 6.04. The van der Waals surface area contributed by atoms with Crippen molar-refractivity contribution in [3.8, 4) is 0 Å². The van der Waals surface area contributed by atoms with Crippen molar-refractivity contribution >= 4 is 34.9 Å². The summed E-state index contributed by atoms with van der Waals surface area (Å²) in [6, 6.07) is 8.52. The number of aromatic nitrogens is 1. The minimum absolute atomic E-state index is 0.0308. The Morgan fingerprint density at radius 3 is 2.65 bits per heavy atom. The normalized spacial score (nSPS) is 12.0. The maximum Gasteiger partial charge on any atom is 0.319 e. The van der Waals surface area contributed by atoms with E-state index < -0.39 is 0 Å². The highest BCUT2D eigenvalue weighted by Gasteiger charge is 2.15. The van der Waals surface area contributed by atoms with Crippen molar-refractivity contribution in [2.45, 2.75) is 6.04 Å². The van der Waals surface area contributed by atoms with Crippen LogP contribution >= 0.6 is 23.2 Å². The van der Waals surface area contributed by atoms with Gasteiger partial charge in [0.15, 0.2) is 0 Å². The zero-order chi connectivity index (χ0) is 16.8. The van der Waals surface area contributed by atoms with Gasteiger partial charge in [-0.3, -0.25) is 4.98 Å². The number of hydrogen-bond donors (Lipinski definition) is 2. The molecule has 1 atom stereocenters. The van der Waals surface area contributed by atoms with Crippen LogP contribution in [0.1, 0.15) is 11.6 Å². The average Bonchev–Trinajstić information content (AvgIpc) is 2.52. The third kappa shape index (κ3) is 5.10. The van der Waals surface area contributed by atoms with Crippen LogP contribution in [0.15, 0.2) is 42.7 Å². The highest BCUT2D eigenvalue weighted by Crippen LogP contribution is 2.25. The van der Waals surface area contributed by atoms with Crippen LogP contribution in [0.3, 0.4) is 0 Å². The molecule has 2 rings (SSSR count). The number of urea groups is 1. The van der Waals surface area contributed by atoms with Gasteiger partial charge in [-0.05, 0) is 43.9 Å². The smallest absolute Gasteiger partial charge is 0.319 e. The lowest BCUT2D eigenvalue weighted by Crippen LogP contribution is -2.36. The van der Waals surface area contributed by atoms with Gasteiger partial charge in [-0.15, -0.1) is 0 Å². The second kappa shape index (κ2) is 8.15. The molecule has 0 aliphatic heterocycles. The Hall–Kier alpha value is -1.82. The van der Waals surface area contributed by atoms with E-state index in [2.05, 4.69) is 15.6 Å². The van der Waals surface area contributed by atoms with Crippen LogP contribution in [-0.4, -0.2) is 36.6 Å². The summed E-state index contributed by atoms with van der Waals surface area (Å²) < 4.78 is 0. The summed E-state index contributed by atoms with van der Waals surface area (Å²) in [4.78, 5) is 18.2. The van der Waals surface area contributed by atoms with Gasteiger partial charge in [0.05, 0.1) is 16.1 Å². The number of rotatable bonds is 5. The fraction of sp³-hybridized carbons (Fsp3) is 0.250. The van der Waals surface area contributed by atoms with E-state index in [4.69, 9.17) is 23.2 Å². The molecule has 0 fully saturated rings. The molecule has 0 spiro atoms. The molecular formula is C16H18Cl2N4O. The van der Waals surface area contributed by atoms with Gasteiger partial charge in [-0.2, -0.15) is 0 Å². The molecule has 0 bridgehead atoms. The average molecular weight is 353 g/mol. The van der Waals surface area contributed by atoms with Crippen LogP contribution in [0.4, 0.5) is 10.5 Å². The number of carbonyl (C=O) groups is 1. The topological polar surface area (TPSA) is 57.3 Å². The van der Waals surface area contributed by atoms with Crippen molar-refractivity contribution in [1.29, 1.82) is 0 Å². The third-order valence-electron chi connectivity index (χ3n) is 3.33. The number of anilines is 1. The molecule has 2 aromatic rings. The Balaban J connectivity index is 1.95. The van der Waals surface area contributed by atoms with E-state index in [1.165, 1.54) is 0 Å². The molecule has 0 radical (unpaired) electrons. The molecule has 1 aromatic carbocycles. The van der Waals surface area contributed by atoms with Gasteiger partial charge >= 0.3 is 6.03 Å². The molecule has 1 heterocycles. The molecule has 1 aromatic heterocycles. The minimum atomic E-state index is -0.306. The highest BCUT2D eigenvalue weighted by atomic mass is 35.5. The first-order valence-corrected chi connectivity index (χ1v) is 7.79. The van der Waals surface area contributed by atoms with Crippen molar-refractivity contribution < 1.29 is 4.79 Å². The first-order valence-electron chi connectivity index (χ1n) is 7.03. The summed E-state index contributed by atoms with van der Waals surface area (Å²) in [5, 5.41) is 6.42. The molecule has 7 heteroatoms. The van der Waals surface area contributed by atoms with Crippen LogP contribution in [0, 0.1) is 0 Å². The van der Waals surface area contributed by atoms with Crippen molar-refractivity contribution in [3.05, 3.63) is 58.3 Å². The van der Waals surface area contributed by atoms with Crippen LogP contribution in [0.2, 0.25) is 10.0 Å². The summed E-state index contributed by atoms with van der Waals surface area (Å²) in [6.45, 7) is 0.450. The van der Waals surface area contributed by atoms with Gasteiger partial charge in [0, 0.05) is 24.6 Å². The Kier molecular flexibility index (Phi) is 6.21. The molecule has 122 valence electrons.